The van der Waals surface area contributed by atoms with E-state index in [1.807, 2.05) is 6.92 Å². The molecule has 17 heavy (non-hydrogen) atoms. The van der Waals surface area contributed by atoms with Crippen LogP contribution in [0, 0.1) is 6.92 Å². The summed E-state index contributed by atoms with van der Waals surface area (Å²) in [4.78, 5) is 0. The molecule has 5 heteroatoms. The van der Waals surface area contributed by atoms with E-state index in [4.69, 9.17) is 10.5 Å². The number of ether oxygens (including phenoxy) is 1. The van der Waals surface area contributed by atoms with Gasteiger partial charge in [-0.05, 0) is 24.6 Å². The third-order valence-electron chi connectivity index (χ3n) is 2.79. The molecule has 2 aromatic rings. The molecule has 0 spiro atoms. The first-order chi connectivity index (χ1) is 8.04. The summed E-state index contributed by atoms with van der Waals surface area (Å²) in [5.41, 5.74) is 8.07. The lowest BCUT2D eigenvalue weighted by atomic mass is 10.0. The Labute approximate surface area is 99.4 Å². The van der Waals surface area contributed by atoms with Gasteiger partial charge in [-0.1, -0.05) is 0 Å². The van der Waals surface area contributed by atoms with Gasteiger partial charge in [-0.2, -0.15) is 5.10 Å². The van der Waals surface area contributed by atoms with Gasteiger partial charge in [0.05, 0.1) is 13.3 Å². The number of rotatable bonds is 2. The molecule has 0 aliphatic rings. The molecular formula is C12H15N3O2. The van der Waals surface area contributed by atoms with E-state index >= 15 is 0 Å². The summed E-state index contributed by atoms with van der Waals surface area (Å²) < 4.78 is 6.79. The fourth-order valence-electron chi connectivity index (χ4n) is 1.76. The molecule has 0 saturated heterocycles. The largest absolute Gasteiger partial charge is 0.507 e. The first kappa shape index (κ1) is 11.3. The van der Waals surface area contributed by atoms with Crippen LogP contribution in [0.1, 0.15) is 5.56 Å². The number of phenols is 1. The zero-order valence-electron chi connectivity index (χ0n) is 10.1. The van der Waals surface area contributed by atoms with Gasteiger partial charge >= 0.3 is 0 Å². The highest BCUT2D eigenvalue weighted by Gasteiger charge is 2.14. The number of phenolic OH excluding ortho intramolecular Hbond substituents is 1. The normalized spacial score (nSPS) is 10.5. The van der Waals surface area contributed by atoms with Crippen molar-refractivity contribution >= 4 is 5.82 Å². The number of methoxy groups -OCH3 is 1. The summed E-state index contributed by atoms with van der Waals surface area (Å²) >= 11 is 0. The predicted molar refractivity (Wildman–Crippen MR) is 66.0 cm³/mol. The molecule has 0 fully saturated rings. The van der Waals surface area contributed by atoms with E-state index in [1.165, 1.54) is 0 Å². The second kappa shape index (κ2) is 4.01. The number of aromatic hydroxyl groups is 1. The van der Waals surface area contributed by atoms with Gasteiger partial charge in [-0.15, -0.1) is 0 Å². The van der Waals surface area contributed by atoms with Crippen LogP contribution in [0.3, 0.4) is 0 Å². The number of aryl methyl sites for hydroxylation is 2. The standard InChI is InChI=1S/C12H15N3O2/c1-7-4-10(16)8(5-11(7)17-3)9-6-14-15(2)12(9)13/h4-6,16H,13H2,1-3H3. The van der Waals surface area contributed by atoms with Crippen molar-refractivity contribution in [2.24, 2.45) is 7.05 Å². The number of anilines is 1. The Morgan fingerprint density at radius 1 is 1.35 bits per heavy atom. The maximum absolute atomic E-state index is 9.95. The lowest BCUT2D eigenvalue weighted by Gasteiger charge is -2.09. The minimum absolute atomic E-state index is 0.169. The smallest absolute Gasteiger partial charge is 0.129 e. The quantitative estimate of drug-likeness (QED) is 0.827. The van der Waals surface area contributed by atoms with E-state index in [1.54, 1.807) is 37.2 Å². The van der Waals surface area contributed by atoms with Crippen LogP contribution in [0.2, 0.25) is 0 Å². The molecule has 0 unspecified atom stereocenters. The summed E-state index contributed by atoms with van der Waals surface area (Å²) in [7, 11) is 3.34. The van der Waals surface area contributed by atoms with Crippen LogP contribution in [0.4, 0.5) is 5.82 Å². The molecule has 0 radical (unpaired) electrons. The molecular weight excluding hydrogens is 218 g/mol. The Kier molecular flexibility index (Phi) is 2.67. The molecule has 90 valence electrons. The molecule has 1 heterocycles. The van der Waals surface area contributed by atoms with Crippen LogP contribution in [0.15, 0.2) is 18.3 Å². The molecule has 0 amide bonds. The molecule has 5 nitrogen and oxygen atoms in total. The van der Waals surface area contributed by atoms with Gasteiger partial charge in [0.25, 0.3) is 0 Å². The van der Waals surface area contributed by atoms with E-state index in [0.29, 0.717) is 22.7 Å². The van der Waals surface area contributed by atoms with Gasteiger partial charge in [0.15, 0.2) is 0 Å². The topological polar surface area (TPSA) is 73.3 Å². The molecule has 0 bridgehead atoms. The molecule has 0 aliphatic heterocycles. The molecule has 0 saturated carbocycles. The number of hydrogen-bond donors (Lipinski definition) is 2. The Hall–Kier alpha value is -2.17. The molecule has 0 aliphatic carbocycles. The SMILES string of the molecule is COc1cc(-c2cnn(C)c2N)c(O)cc1C. The van der Waals surface area contributed by atoms with Crippen LogP contribution in [-0.4, -0.2) is 22.0 Å². The van der Waals surface area contributed by atoms with Crippen molar-refractivity contribution in [3.63, 3.8) is 0 Å². The molecule has 3 N–H and O–H groups in total. The van der Waals surface area contributed by atoms with Crippen molar-refractivity contribution in [2.75, 3.05) is 12.8 Å². The number of nitrogens with zero attached hydrogens (tertiary/aromatic N) is 2. The van der Waals surface area contributed by atoms with Crippen LogP contribution >= 0.6 is 0 Å². The fraction of sp³-hybridized carbons (Fsp3) is 0.250. The van der Waals surface area contributed by atoms with Gasteiger partial charge in [0, 0.05) is 18.2 Å². The van der Waals surface area contributed by atoms with Gasteiger partial charge in [0.2, 0.25) is 0 Å². The van der Waals surface area contributed by atoms with Gasteiger partial charge in [0.1, 0.15) is 17.3 Å². The van der Waals surface area contributed by atoms with Crippen LogP contribution < -0.4 is 10.5 Å². The molecule has 2 rings (SSSR count). The van der Waals surface area contributed by atoms with Crippen molar-refractivity contribution in [2.45, 2.75) is 6.92 Å². The average Bonchev–Trinajstić information content (AvgIpc) is 2.61. The lowest BCUT2D eigenvalue weighted by Crippen LogP contribution is -1.98. The summed E-state index contributed by atoms with van der Waals surface area (Å²) in [6.45, 7) is 1.87. The second-order valence-electron chi connectivity index (χ2n) is 3.91. The van der Waals surface area contributed by atoms with Crippen LogP contribution in [0.25, 0.3) is 11.1 Å². The van der Waals surface area contributed by atoms with E-state index in [9.17, 15) is 5.11 Å². The van der Waals surface area contributed by atoms with Crippen molar-refractivity contribution < 1.29 is 9.84 Å². The lowest BCUT2D eigenvalue weighted by molar-refractivity contribution is 0.409. The molecule has 1 aromatic carbocycles. The zero-order valence-corrected chi connectivity index (χ0v) is 10.1. The third-order valence-corrected chi connectivity index (χ3v) is 2.79. The first-order valence-electron chi connectivity index (χ1n) is 5.20. The zero-order chi connectivity index (χ0) is 12.6. The maximum Gasteiger partial charge on any atom is 0.129 e. The van der Waals surface area contributed by atoms with Gasteiger partial charge in [-0.3, -0.25) is 4.68 Å². The van der Waals surface area contributed by atoms with Crippen LogP contribution in [-0.2, 0) is 7.05 Å². The monoisotopic (exact) mass is 233 g/mol. The Morgan fingerprint density at radius 3 is 2.59 bits per heavy atom. The van der Waals surface area contributed by atoms with E-state index in [-0.39, 0.29) is 5.75 Å². The minimum Gasteiger partial charge on any atom is -0.507 e. The molecule has 0 atom stereocenters. The number of hydrogen-bond acceptors (Lipinski definition) is 4. The van der Waals surface area contributed by atoms with E-state index in [2.05, 4.69) is 5.10 Å². The summed E-state index contributed by atoms with van der Waals surface area (Å²) in [6.07, 6.45) is 1.62. The number of benzene rings is 1. The van der Waals surface area contributed by atoms with Crippen molar-refractivity contribution in [1.82, 2.24) is 9.78 Å². The fourth-order valence-corrected chi connectivity index (χ4v) is 1.76. The maximum atomic E-state index is 9.95. The Bertz CT molecular complexity index is 561. The van der Waals surface area contributed by atoms with Gasteiger partial charge < -0.3 is 15.6 Å². The third kappa shape index (κ3) is 1.80. The first-order valence-corrected chi connectivity index (χ1v) is 5.20. The van der Waals surface area contributed by atoms with Crippen molar-refractivity contribution in [3.8, 4) is 22.6 Å². The number of nitrogen functional groups attached to an aromatic ring is 1. The number of nitrogens with two attached hydrogens (primary N) is 1. The predicted octanol–water partition coefficient (Wildman–Crippen LogP) is 1.69. The highest BCUT2D eigenvalue weighted by molar-refractivity contribution is 5.79. The van der Waals surface area contributed by atoms with Gasteiger partial charge in [-0.25, -0.2) is 0 Å². The average molecular weight is 233 g/mol. The van der Waals surface area contributed by atoms with E-state index in [0.717, 1.165) is 5.56 Å². The minimum atomic E-state index is 0.169. The Balaban J connectivity index is 2.63. The summed E-state index contributed by atoms with van der Waals surface area (Å²) in [6, 6.07) is 3.42. The molecule has 1 aromatic heterocycles. The number of aromatic nitrogens is 2. The van der Waals surface area contributed by atoms with E-state index < -0.39 is 0 Å². The summed E-state index contributed by atoms with van der Waals surface area (Å²) in [5, 5.41) is 14.0. The van der Waals surface area contributed by atoms with Crippen molar-refractivity contribution in [1.29, 1.82) is 0 Å². The second-order valence-corrected chi connectivity index (χ2v) is 3.91. The van der Waals surface area contributed by atoms with Crippen LogP contribution in [0.5, 0.6) is 11.5 Å². The highest BCUT2D eigenvalue weighted by Crippen LogP contribution is 2.37. The van der Waals surface area contributed by atoms with Crippen molar-refractivity contribution in [3.05, 3.63) is 23.9 Å². The Morgan fingerprint density at radius 2 is 2.06 bits per heavy atom. The highest BCUT2D eigenvalue weighted by atomic mass is 16.5. The summed E-state index contributed by atoms with van der Waals surface area (Å²) in [5.74, 6) is 1.38.